The number of esters is 1. The molecule has 2 heterocycles. The Balaban J connectivity index is 1.27. The van der Waals surface area contributed by atoms with E-state index in [1.54, 1.807) is 10.9 Å². The normalized spacial score (nSPS) is 15.7. The number of halogens is 1. The number of nitrogens with zero attached hydrogens (tertiary/aromatic N) is 5. The van der Waals surface area contributed by atoms with Crippen molar-refractivity contribution in [2.45, 2.75) is 19.0 Å². The third-order valence-corrected chi connectivity index (χ3v) is 7.65. The van der Waals surface area contributed by atoms with E-state index in [0.29, 0.717) is 0 Å². The summed E-state index contributed by atoms with van der Waals surface area (Å²) in [6.45, 7) is 4.96. The van der Waals surface area contributed by atoms with Crippen molar-refractivity contribution in [3.05, 3.63) is 111 Å². The zero-order valence-electron chi connectivity index (χ0n) is 21.4. The van der Waals surface area contributed by atoms with Crippen molar-refractivity contribution in [1.82, 2.24) is 19.2 Å². The van der Waals surface area contributed by atoms with Crippen molar-refractivity contribution in [3.63, 3.8) is 0 Å². The molecule has 1 saturated heterocycles. The number of hydrogen-bond acceptors (Lipinski definition) is 6. The van der Waals surface area contributed by atoms with Gasteiger partial charge in [-0.2, -0.15) is 5.10 Å². The maximum Gasteiger partial charge on any atom is 0.350 e. The van der Waals surface area contributed by atoms with Gasteiger partial charge < -0.3 is 9.64 Å². The molecule has 0 N–H and O–H groups in total. The minimum Gasteiger partial charge on any atom is -0.468 e. The molecule has 1 aliphatic heterocycles. The van der Waals surface area contributed by atoms with Crippen LogP contribution in [0.2, 0.25) is 0 Å². The lowest BCUT2D eigenvalue weighted by Gasteiger charge is -2.39. The number of carbonyl (C=O) groups is 1. The predicted molar refractivity (Wildman–Crippen MR) is 151 cm³/mol. The number of ether oxygens (including phenoxy) is 1. The first kappa shape index (κ1) is 25.9. The van der Waals surface area contributed by atoms with Crippen LogP contribution < -0.4 is 10.6 Å². The van der Waals surface area contributed by atoms with Crippen LogP contribution in [0.3, 0.4) is 0 Å². The van der Waals surface area contributed by atoms with Crippen molar-refractivity contribution in [1.29, 1.82) is 0 Å². The number of carbonyl (C=O) groups excluding carboxylic acids is 1. The molecule has 2 unspecified atom stereocenters. The smallest absolute Gasteiger partial charge is 0.350 e. The molecule has 4 aromatic rings. The second-order valence-electron chi connectivity index (χ2n) is 9.33. The lowest BCUT2D eigenvalue weighted by atomic mass is 10.0. The monoisotopic (exact) mass is 575 g/mol. The van der Waals surface area contributed by atoms with E-state index in [2.05, 4.69) is 30.8 Å². The van der Waals surface area contributed by atoms with Crippen molar-refractivity contribution >= 4 is 27.6 Å². The molecular weight excluding hydrogens is 546 g/mol. The maximum absolute atomic E-state index is 13.1. The number of aromatic nitrogens is 3. The molecular formula is C29H30BrN5O3. The Kier molecular flexibility index (Phi) is 7.76. The molecule has 5 rings (SSSR count). The van der Waals surface area contributed by atoms with Gasteiger partial charge in [-0.15, -0.1) is 0 Å². The molecule has 196 valence electrons. The molecule has 38 heavy (non-hydrogen) atoms. The molecule has 0 bridgehead atoms. The molecule has 1 aliphatic rings. The zero-order chi connectivity index (χ0) is 26.6. The van der Waals surface area contributed by atoms with Gasteiger partial charge in [0.25, 0.3) is 0 Å². The summed E-state index contributed by atoms with van der Waals surface area (Å²) in [6.07, 6.45) is 1.57. The van der Waals surface area contributed by atoms with Crippen LogP contribution in [0.5, 0.6) is 0 Å². The van der Waals surface area contributed by atoms with Crippen molar-refractivity contribution in [3.8, 4) is 5.69 Å². The summed E-state index contributed by atoms with van der Waals surface area (Å²) in [5, 5.41) is 4.37. The van der Waals surface area contributed by atoms with Crippen LogP contribution in [0.1, 0.15) is 30.1 Å². The molecule has 0 saturated carbocycles. The highest BCUT2D eigenvalue weighted by Gasteiger charge is 2.31. The van der Waals surface area contributed by atoms with E-state index in [9.17, 15) is 9.59 Å². The predicted octanol–water partition coefficient (Wildman–Crippen LogP) is 4.44. The second kappa shape index (κ2) is 11.4. The van der Waals surface area contributed by atoms with Crippen LogP contribution in [0.25, 0.3) is 5.69 Å². The van der Waals surface area contributed by atoms with Gasteiger partial charge in [0.05, 0.1) is 18.8 Å². The quantitative estimate of drug-likeness (QED) is 0.303. The highest BCUT2D eigenvalue weighted by molar-refractivity contribution is 9.10. The van der Waals surface area contributed by atoms with E-state index in [1.165, 1.54) is 11.8 Å². The summed E-state index contributed by atoms with van der Waals surface area (Å²) in [4.78, 5) is 30.2. The minimum atomic E-state index is -0.431. The first-order chi connectivity index (χ1) is 18.5. The van der Waals surface area contributed by atoms with Crippen LogP contribution in [-0.2, 0) is 9.53 Å². The fraction of sp³-hybridized carbons (Fsp3) is 0.276. The Bertz CT molecular complexity index is 1430. The molecule has 2 atom stereocenters. The minimum absolute atomic E-state index is 0.160. The first-order valence-corrected chi connectivity index (χ1v) is 13.4. The molecule has 1 aromatic heterocycles. The number of benzene rings is 3. The third kappa shape index (κ3) is 5.30. The van der Waals surface area contributed by atoms with Crippen molar-refractivity contribution < 1.29 is 9.53 Å². The fourth-order valence-electron chi connectivity index (χ4n) is 4.95. The summed E-state index contributed by atoms with van der Waals surface area (Å²) in [6, 6.07) is 25.0. The molecule has 0 amide bonds. The third-order valence-electron chi connectivity index (χ3n) is 7.13. The van der Waals surface area contributed by atoms with Crippen molar-refractivity contribution in [2.24, 2.45) is 0 Å². The summed E-state index contributed by atoms with van der Waals surface area (Å²) in [5.74, 6) is -0.252. The number of anilines is 1. The Morgan fingerprint density at radius 1 is 0.868 bits per heavy atom. The average Bonchev–Trinajstić information content (AvgIpc) is 3.35. The van der Waals surface area contributed by atoms with Crippen LogP contribution in [0.15, 0.2) is 94.5 Å². The molecule has 8 nitrogen and oxygen atoms in total. The summed E-state index contributed by atoms with van der Waals surface area (Å²) in [5.41, 5.74) is 3.62. The highest BCUT2D eigenvalue weighted by atomic mass is 79.9. The number of rotatable bonds is 7. The van der Waals surface area contributed by atoms with Gasteiger partial charge in [0.1, 0.15) is 12.4 Å². The van der Waals surface area contributed by atoms with Gasteiger partial charge in [0.15, 0.2) is 0 Å². The largest absolute Gasteiger partial charge is 0.468 e. The van der Waals surface area contributed by atoms with E-state index in [-0.39, 0.29) is 17.7 Å². The van der Waals surface area contributed by atoms with Gasteiger partial charge in [0.2, 0.25) is 0 Å². The summed E-state index contributed by atoms with van der Waals surface area (Å²) >= 11 is 3.46. The Morgan fingerprint density at radius 2 is 1.50 bits per heavy atom. The van der Waals surface area contributed by atoms with Gasteiger partial charge in [-0.25, -0.2) is 18.8 Å². The maximum atomic E-state index is 13.1. The molecule has 1 fully saturated rings. The zero-order valence-corrected chi connectivity index (χ0v) is 23.0. The number of methoxy groups -OCH3 is 1. The van der Waals surface area contributed by atoms with Gasteiger partial charge in [-0.3, -0.25) is 4.90 Å². The second-order valence-corrected chi connectivity index (χ2v) is 10.2. The highest BCUT2D eigenvalue weighted by Crippen LogP contribution is 2.27. The van der Waals surface area contributed by atoms with E-state index in [4.69, 9.17) is 4.74 Å². The number of piperazine rings is 1. The average molecular weight is 576 g/mol. The fourth-order valence-corrected chi connectivity index (χ4v) is 5.21. The SMILES string of the molecule is COC(=O)C(c1ccc(Br)cc1)N1CCN(c2ccc(-n3cnn(C(C)c4ccccc4)c3=O)cc2)CC1. The molecule has 0 aliphatic carbocycles. The summed E-state index contributed by atoms with van der Waals surface area (Å²) < 4.78 is 9.17. The van der Waals surface area contributed by atoms with Gasteiger partial charge >= 0.3 is 11.7 Å². The van der Waals surface area contributed by atoms with Crippen LogP contribution in [0.4, 0.5) is 5.69 Å². The van der Waals surface area contributed by atoms with E-state index in [1.807, 2.05) is 85.8 Å². The standard InChI is InChI=1S/C29H30BrN5O3/c1-21(22-6-4-3-5-7-22)35-29(37)34(20-31-35)26-14-12-25(13-15-26)32-16-18-33(19-17-32)27(28(36)38-2)23-8-10-24(30)11-9-23/h3-15,20-21,27H,16-19H2,1-2H3. The van der Waals surface area contributed by atoms with Crippen LogP contribution in [-0.4, -0.2) is 58.5 Å². The van der Waals surface area contributed by atoms with E-state index < -0.39 is 6.04 Å². The molecule has 0 spiro atoms. The van der Waals surface area contributed by atoms with Crippen molar-refractivity contribution in [2.75, 3.05) is 38.2 Å². The van der Waals surface area contributed by atoms with Crippen LogP contribution >= 0.6 is 15.9 Å². The Hall–Kier alpha value is -3.69. The van der Waals surface area contributed by atoms with Gasteiger partial charge in [-0.1, -0.05) is 58.4 Å². The molecule has 3 aromatic carbocycles. The van der Waals surface area contributed by atoms with Gasteiger partial charge in [-0.05, 0) is 54.4 Å². The summed E-state index contributed by atoms with van der Waals surface area (Å²) in [7, 11) is 1.43. The lowest BCUT2D eigenvalue weighted by molar-refractivity contribution is -0.147. The first-order valence-electron chi connectivity index (χ1n) is 12.6. The van der Waals surface area contributed by atoms with E-state index in [0.717, 1.165) is 53.2 Å². The Morgan fingerprint density at radius 3 is 2.13 bits per heavy atom. The topological polar surface area (TPSA) is 72.6 Å². The lowest BCUT2D eigenvalue weighted by Crippen LogP contribution is -2.49. The molecule has 0 radical (unpaired) electrons. The van der Waals surface area contributed by atoms with E-state index >= 15 is 0 Å². The van der Waals surface area contributed by atoms with Crippen LogP contribution in [0, 0.1) is 0 Å². The Labute approximate surface area is 230 Å². The van der Waals surface area contributed by atoms with Gasteiger partial charge in [0, 0.05) is 36.3 Å². The number of hydrogen-bond donors (Lipinski definition) is 0. The molecule has 9 heteroatoms.